The van der Waals surface area contributed by atoms with Crippen molar-refractivity contribution in [2.75, 3.05) is 13.6 Å². The molecule has 0 aliphatic heterocycles. The molecule has 1 atom stereocenters. The van der Waals surface area contributed by atoms with Crippen LogP contribution in [0.4, 0.5) is 0 Å². The second-order valence-electron chi connectivity index (χ2n) is 9.84. The van der Waals surface area contributed by atoms with Crippen molar-refractivity contribution < 1.29 is 14.7 Å². The van der Waals surface area contributed by atoms with E-state index in [1.54, 1.807) is 4.90 Å². The largest absolute Gasteiger partial charge is 0.481 e. The van der Waals surface area contributed by atoms with Crippen LogP contribution in [-0.4, -0.2) is 35.5 Å². The Balaban J connectivity index is 4.03. The second kappa shape index (κ2) is 23.8. The van der Waals surface area contributed by atoms with Crippen LogP contribution in [0.2, 0.25) is 0 Å². The van der Waals surface area contributed by atoms with Crippen LogP contribution in [0.15, 0.2) is 12.2 Å². The number of carboxylic acids is 1. The number of carboxylic acid groups (broad SMARTS) is 1. The first-order chi connectivity index (χ1) is 16.0. The maximum Gasteiger partial charge on any atom is 0.304 e. The Kier molecular flexibility index (Phi) is 22.9. The zero-order valence-corrected chi connectivity index (χ0v) is 22.3. The zero-order chi connectivity index (χ0) is 24.6. The Morgan fingerprint density at radius 1 is 0.697 bits per heavy atom. The van der Waals surface area contributed by atoms with Gasteiger partial charge in [-0.1, -0.05) is 129 Å². The van der Waals surface area contributed by atoms with Gasteiger partial charge in [-0.3, -0.25) is 9.59 Å². The van der Waals surface area contributed by atoms with Crippen LogP contribution in [0.5, 0.6) is 0 Å². The lowest BCUT2D eigenvalue weighted by atomic mass is 10.0. The summed E-state index contributed by atoms with van der Waals surface area (Å²) >= 11 is 0. The molecule has 0 aliphatic carbocycles. The summed E-state index contributed by atoms with van der Waals surface area (Å²) in [4.78, 5) is 25.8. The molecule has 194 valence electrons. The number of carbonyl (C=O) groups excluding carboxylic acids is 1. The number of hydrogen-bond acceptors (Lipinski definition) is 2. The van der Waals surface area contributed by atoms with Gasteiger partial charge in [0.15, 0.2) is 0 Å². The van der Waals surface area contributed by atoms with Crippen molar-refractivity contribution in [3.05, 3.63) is 12.2 Å². The quantitative estimate of drug-likeness (QED) is 0.115. The fourth-order valence-corrected chi connectivity index (χ4v) is 4.31. The van der Waals surface area contributed by atoms with Gasteiger partial charge in [-0.05, 0) is 19.3 Å². The predicted molar refractivity (Wildman–Crippen MR) is 142 cm³/mol. The van der Waals surface area contributed by atoms with Crippen LogP contribution in [0.1, 0.15) is 142 Å². The lowest BCUT2D eigenvalue weighted by Gasteiger charge is -2.21. The topological polar surface area (TPSA) is 57.6 Å². The summed E-state index contributed by atoms with van der Waals surface area (Å²) in [5.41, 5.74) is 0. The highest BCUT2D eigenvalue weighted by molar-refractivity contribution is 5.84. The number of amides is 1. The summed E-state index contributed by atoms with van der Waals surface area (Å²) in [7, 11) is 1.82. The minimum Gasteiger partial charge on any atom is -0.481 e. The maximum atomic E-state index is 12.8. The molecule has 0 radical (unpaired) electrons. The van der Waals surface area contributed by atoms with E-state index in [2.05, 4.69) is 13.8 Å². The first-order valence-corrected chi connectivity index (χ1v) is 14.2. The summed E-state index contributed by atoms with van der Waals surface area (Å²) in [5.74, 6) is -1.50. The number of nitrogens with zero attached hydrogens (tertiary/aromatic N) is 1. The van der Waals surface area contributed by atoms with Gasteiger partial charge >= 0.3 is 5.97 Å². The molecule has 4 nitrogen and oxygen atoms in total. The van der Waals surface area contributed by atoms with Crippen molar-refractivity contribution in [3.63, 3.8) is 0 Å². The lowest BCUT2D eigenvalue weighted by Crippen LogP contribution is -2.34. The molecule has 0 spiro atoms. The number of aliphatic carboxylic acids is 1. The molecular weight excluding hydrogens is 410 g/mol. The maximum absolute atomic E-state index is 12.8. The van der Waals surface area contributed by atoms with E-state index in [9.17, 15) is 14.7 Å². The molecule has 1 unspecified atom stereocenters. The van der Waals surface area contributed by atoms with Gasteiger partial charge in [-0.2, -0.15) is 0 Å². The molecule has 4 heteroatoms. The normalized spacial score (nSPS) is 12.3. The Bertz CT molecular complexity index is 489. The first-order valence-electron chi connectivity index (χ1n) is 14.2. The Morgan fingerprint density at radius 2 is 1.12 bits per heavy atom. The van der Waals surface area contributed by atoms with Crippen molar-refractivity contribution in [3.8, 4) is 0 Å². The monoisotopic (exact) mass is 465 g/mol. The molecule has 0 bridgehead atoms. The third-order valence-corrected chi connectivity index (χ3v) is 6.53. The van der Waals surface area contributed by atoms with Crippen LogP contribution in [0, 0.1) is 5.92 Å². The number of unbranched alkanes of at least 4 members (excludes halogenated alkanes) is 17. The Labute approximate surface area is 205 Å². The molecule has 0 aromatic heterocycles. The van der Waals surface area contributed by atoms with E-state index >= 15 is 0 Å². The van der Waals surface area contributed by atoms with Crippen molar-refractivity contribution in [2.45, 2.75) is 142 Å². The number of carbonyl (C=O) groups is 2. The predicted octanol–water partition coefficient (Wildman–Crippen LogP) is 8.54. The van der Waals surface area contributed by atoms with Gasteiger partial charge in [0.05, 0.1) is 12.3 Å². The minimum atomic E-state index is -0.905. The van der Waals surface area contributed by atoms with E-state index in [4.69, 9.17) is 0 Å². The molecule has 0 aliphatic rings. The Morgan fingerprint density at radius 3 is 1.58 bits per heavy atom. The average Bonchev–Trinajstić information content (AvgIpc) is 2.79. The van der Waals surface area contributed by atoms with Crippen LogP contribution in [0.25, 0.3) is 0 Å². The molecule has 1 amide bonds. The van der Waals surface area contributed by atoms with Crippen LogP contribution in [-0.2, 0) is 9.59 Å². The number of rotatable bonds is 24. The van der Waals surface area contributed by atoms with Gasteiger partial charge in [-0.25, -0.2) is 0 Å². The van der Waals surface area contributed by atoms with Gasteiger partial charge in [0.25, 0.3) is 0 Å². The van der Waals surface area contributed by atoms with Crippen LogP contribution < -0.4 is 0 Å². The number of hydrogen-bond donors (Lipinski definition) is 1. The molecule has 0 aromatic carbocycles. The molecule has 33 heavy (non-hydrogen) atoms. The molecule has 0 heterocycles. The van der Waals surface area contributed by atoms with Crippen LogP contribution in [0.3, 0.4) is 0 Å². The lowest BCUT2D eigenvalue weighted by molar-refractivity contribution is -0.142. The molecule has 0 rings (SSSR count). The highest BCUT2D eigenvalue weighted by Gasteiger charge is 2.22. The van der Waals surface area contributed by atoms with E-state index in [1.165, 1.54) is 96.3 Å². The van der Waals surface area contributed by atoms with E-state index < -0.39 is 11.9 Å². The fourth-order valence-electron chi connectivity index (χ4n) is 4.31. The highest BCUT2D eigenvalue weighted by Crippen LogP contribution is 2.15. The average molecular weight is 466 g/mol. The molecule has 0 fully saturated rings. The summed E-state index contributed by atoms with van der Waals surface area (Å²) in [6.07, 6.45) is 27.6. The molecular formula is C29H55NO3. The van der Waals surface area contributed by atoms with E-state index in [1.807, 2.05) is 19.2 Å². The SMILES string of the molecule is CCCCCCCCCC/C=C/C(CC(=O)O)C(=O)N(C)CCCCCCCCCCCC. The van der Waals surface area contributed by atoms with Gasteiger partial charge in [0.1, 0.15) is 0 Å². The van der Waals surface area contributed by atoms with Gasteiger partial charge in [-0.15, -0.1) is 0 Å². The van der Waals surface area contributed by atoms with Crippen molar-refractivity contribution in [2.24, 2.45) is 5.92 Å². The molecule has 0 saturated carbocycles. The highest BCUT2D eigenvalue weighted by atomic mass is 16.4. The van der Waals surface area contributed by atoms with Crippen LogP contribution >= 0.6 is 0 Å². The third-order valence-electron chi connectivity index (χ3n) is 6.53. The van der Waals surface area contributed by atoms with Crippen molar-refractivity contribution in [1.82, 2.24) is 4.90 Å². The summed E-state index contributed by atoms with van der Waals surface area (Å²) < 4.78 is 0. The summed E-state index contributed by atoms with van der Waals surface area (Å²) in [6.45, 7) is 5.21. The third kappa shape index (κ3) is 21.0. The first kappa shape index (κ1) is 31.7. The second-order valence-corrected chi connectivity index (χ2v) is 9.84. The van der Waals surface area contributed by atoms with Gasteiger partial charge in [0, 0.05) is 13.6 Å². The summed E-state index contributed by atoms with van der Waals surface area (Å²) in [5, 5.41) is 9.24. The van der Waals surface area contributed by atoms with E-state index in [-0.39, 0.29) is 12.3 Å². The molecule has 0 saturated heterocycles. The molecule has 0 aromatic rings. The van der Waals surface area contributed by atoms with Crippen molar-refractivity contribution >= 4 is 11.9 Å². The van der Waals surface area contributed by atoms with Gasteiger partial charge in [0.2, 0.25) is 5.91 Å². The van der Waals surface area contributed by atoms with Crippen molar-refractivity contribution in [1.29, 1.82) is 0 Å². The minimum absolute atomic E-state index is 0.0551. The smallest absolute Gasteiger partial charge is 0.304 e. The summed E-state index contributed by atoms with van der Waals surface area (Å²) in [6, 6.07) is 0. The fraction of sp³-hybridized carbons (Fsp3) is 0.862. The Hall–Kier alpha value is -1.32. The van der Waals surface area contributed by atoms with E-state index in [0.717, 1.165) is 32.2 Å². The molecule has 1 N–H and O–H groups in total. The number of allylic oxidation sites excluding steroid dienone is 1. The standard InChI is InChI=1S/C29H55NO3/c1-4-6-8-10-12-14-16-18-20-22-24-27(26-28(31)32)29(33)30(3)25-23-21-19-17-15-13-11-9-7-5-2/h22,24,27H,4-21,23,25-26H2,1-3H3,(H,31,32)/b24-22+. The van der Waals surface area contributed by atoms with E-state index in [0.29, 0.717) is 0 Å². The van der Waals surface area contributed by atoms with Gasteiger partial charge < -0.3 is 10.0 Å². The zero-order valence-electron chi connectivity index (χ0n) is 22.3.